The van der Waals surface area contributed by atoms with Crippen LogP contribution in [0, 0.1) is 0 Å². The molecule has 0 amide bonds. The van der Waals surface area contributed by atoms with Gasteiger partial charge in [-0.25, -0.2) is 0 Å². The summed E-state index contributed by atoms with van der Waals surface area (Å²) in [4.78, 5) is 2.64. The van der Waals surface area contributed by atoms with Gasteiger partial charge in [0.25, 0.3) is 0 Å². The van der Waals surface area contributed by atoms with Crippen molar-refractivity contribution in [1.29, 1.82) is 0 Å². The van der Waals surface area contributed by atoms with Crippen LogP contribution >= 0.6 is 0 Å². The van der Waals surface area contributed by atoms with Crippen molar-refractivity contribution >= 4 is 0 Å². The third-order valence-electron chi connectivity index (χ3n) is 2.82. The average molecular weight is 172 g/mol. The minimum Gasteiger partial charge on any atom is -0.344 e. The Morgan fingerprint density at radius 1 is 1.25 bits per heavy atom. The number of nitrogens with zero attached hydrogens (tertiary/aromatic N) is 1. The number of hydrogen-bond acceptors (Lipinski definition) is 2. The summed E-state index contributed by atoms with van der Waals surface area (Å²) >= 11 is 0. The summed E-state index contributed by atoms with van der Waals surface area (Å²) in [6.07, 6.45) is 5.51. The second-order valence-electron chi connectivity index (χ2n) is 4.26. The first-order valence-electron chi connectivity index (χ1n) is 4.92. The van der Waals surface area contributed by atoms with Crippen LogP contribution in [0.1, 0.15) is 46.5 Å². The zero-order valence-corrected chi connectivity index (χ0v) is 8.90. The van der Waals surface area contributed by atoms with E-state index in [0.717, 1.165) is 0 Å². The summed E-state index contributed by atoms with van der Waals surface area (Å²) in [7, 11) is 0. The molecule has 3 N–H and O–H groups in total. The number of rotatable bonds is 2. The predicted molar refractivity (Wildman–Crippen MR) is 54.8 cm³/mol. The lowest BCUT2D eigenvalue weighted by molar-refractivity contribution is 0.0773. The molecule has 0 radical (unpaired) electrons. The maximum atomic E-state index is 2.64. The first-order chi connectivity index (χ1) is 5.17. The maximum absolute atomic E-state index is 2.64. The van der Waals surface area contributed by atoms with Crippen LogP contribution < -0.4 is 6.15 Å². The van der Waals surface area contributed by atoms with Gasteiger partial charge in [-0.2, -0.15) is 0 Å². The van der Waals surface area contributed by atoms with Crippen LogP contribution in [0.4, 0.5) is 0 Å². The van der Waals surface area contributed by atoms with Crippen molar-refractivity contribution in [3.63, 3.8) is 0 Å². The Morgan fingerprint density at radius 3 is 2.42 bits per heavy atom. The molecule has 0 atom stereocenters. The molecule has 0 spiro atoms. The molecule has 0 aromatic rings. The summed E-state index contributed by atoms with van der Waals surface area (Å²) < 4.78 is 0. The van der Waals surface area contributed by atoms with Crippen LogP contribution in [0.25, 0.3) is 0 Å². The van der Waals surface area contributed by atoms with Crippen molar-refractivity contribution in [2.75, 3.05) is 13.1 Å². The second kappa shape index (κ2) is 4.83. The van der Waals surface area contributed by atoms with E-state index in [0.29, 0.717) is 5.54 Å². The molecule has 2 nitrogen and oxygen atoms in total. The zero-order valence-electron chi connectivity index (χ0n) is 8.90. The molecule has 1 saturated heterocycles. The number of likely N-dealkylation sites (tertiary alicyclic amines) is 1. The highest BCUT2D eigenvalue weighted by Crippen LogP contribution is 2.26. The fourth-order valence-corrected chi connectivity index (χ4v) is 2.01. The van der Waals surface area contributed by atoms with Crippen LogP contribution in [-0.4, -0.2) is 23.5 Å². The molecule has 0 aromatic heterocycles. The van der Waals surface area contributed by atoms with Crippen molar-refractivity contribution in [3.05, 3.63) is 0 Å². The molecular weight excluding hydrogens is 148 g/mol. The Labute approximate surface area is 76.9 Å². The molecule has 0 bridgehead atoms. The lowest BCUT2D eigenvalue weighted by Gasteiger charge is -2.42. The molecule has 0 saturated carbocycles. The fraction of sp³-hybridized carbons (Fsp3) is 1.00. The summed E-state index contributed by atoms with van der Waals surface area (Å²) in [5.74, 6) is 0. The van der Waals surface area contributed by atoms with Gasteiger partial charge in [-0.1, -0.05) is 13.3 Å². The van der Waals surface area contributed by atoms with Crippen LogP contribution in [0.2, 0.25) is 0 Å². The topological polar surface area (TPSA) is 38.2 Å². The number of hydrogen-bond donors (Lipinski definition) is 1. The van der Waals surface area contributed by atoms with E-state index in [1.807, 2.05) is 0 Å². The maximum Gasteiger partial charge on any atom is 0.0153 e. The second-order valence-corrected chi connectivity index (χ2v) is 4.26. The summed E-state index contributed by atoms with van der Waals surface area (Å²) in [6, 6.07) is 0. The highest BCUT2D eigenvalue weighted by Gasteiger charge is 2.28. The Hall–Kier alpha value is -0.0800. The van der Waals surface area contributed by atoms with Crippen molar-refractivity contribution in [3.8, 4) is 0 Å². The van der Waals surface area contributed by atoms with Gasteiger partial charge in [0.2, 0.25) is 0 Å². The van der Waals surface area contributed by atoms with Gasteiger partial charge in [0, 0.05) is 5.54 Å². The van der Waals surface area contributed by atoms with E-state index in [-0.39, 0.29) is 6.15 Å². The molecule has 1 rings (SSSR count). The molecule has 1 heterocycles. The van der Waals surface area contributed by atoms with Gasteiger partial charge in [-0.05, 0) is 46.2 Å². The van der Waals surface area contributed by atoms with Gasteiger partial charge in [0.1, 0.15) is 0 Å². The zero-order chi connectivity index (χ0) is 8.32. The smallest absolute Gasteiger partial charge is 0.0153 e. The number of piperidine rings is 1. The Bertz CT molecular complexity index is 119. The van der Waals surface area contributed by atoms with E-state index in [2.05, 4.69) is 25.7 Å². The molecule has 0 unspecified atom stereocenters. The van der Waals surface area contributed by atoms with E-state index in [4.69, 9.17) is 0 Å². The lowest BCUT2D eigenvalue weighted by atomic mass is 9.90. The van der Waals surface area contributed by atoms with Gasteiger partial charge in [0.05, 0.1) is 0 Å². The molecule has 74 valence electrons. The monoisotopic (exact) mass is 172 g/mol. The van der Waals surface area contributed by atoms with E-state index in [1.54, 1.807) is 0 Å². The summed E-state index contributed by atoms with van der Waals surface area (Å²) in [5, 5.41) is 0. The molecule has 1 aliphatic heterocycles. The molecule has 1 fully saturated rings. The lowest BCUT2D eigenvalue weighted by Crippen LogP contribution is -2.47. The average Bonchev–Trinajstić information content (AvgIpc) is 1.94. The van der Waals surface area contributed by atoms with E-state index in [1.165, 1.54) is 38.8 Å². The van der Waals surface area contributed by atoms with Gasteiger partial charge in [-0.15, -0.1) is 0 Å². The van der Waals surface area contributed by atoms with Crippen LogP contribution in [0.5, 0.6) is 0 Å². The summed E-state index contributed by atoms with van der Waals surface area (Å²) in [6.45, 7) is 9.63. The molecule has 0 aliphatic carbocycles. The van der Waals surface area contributed by atoms with Crippen molar-refractivity contribution in [2.45, 2.75) is 52.0 Å². The molecule has 0 aromatic carbocycles. The first-order valence-corrected chi connectivity index (χ1v) is 4.92. The Morgan fingerprint density at radius 2 is 1.92 bits per heavy atom. The minimum atomic E-state index is 0. The van der Waals surface area contributed by atoms with Crippen molar-refractivity contribution in [1.82, 2.24) is 11.1 Å². The third-order valence-corrected chi connectivity index (χ3v) is 2.82. The van der Waals surface area contributed by atoms with E-state index in [9.17, 15) is 0 Å². The Kier molecular flexibility index (Phi) is 4.80. The fourth-order valence-electron chi connectivity index (χ4n) is 2.01. The van der Waals surface area contributed by atoms with Gasteiger partial charge in [0.15, 0.2) is 0 Å². The van der Waals surface area contributed by atoms with Gasteiger partial charge in [-0.3, -0.25) is 4.90 Å². The van der Waals surface area contributed by atoms with Gasteiger partial charge < -0.3 is 6.15 Å². The molecular formula is C10H24N2. The first kappa shape index (κ1) is 11.9. The third kappa shape index (κ3) is 2.76. The van der Waals surface area contributed by atoms with Crippen LogP contribution in [0.15, 0.2) is 0 Å². The molecule has 1 aliphatic rings. The summed E-state index contributed by atoms with van der Waals surface area (Å²) in [5.41, 5.74) is 0.480. The minimum absolute atomic E-state index is 0. The SMILES string of the molecule is CCCN1CCCCC1(C)C.N. The Balaban J connectivity index is 0.00000121. The quantitative estimate of drug-likeness (QED) is 0.695. The highest BCUT2D eigenvalue weighted by atomic mass is 15.2. The normalized spacial score (nSPS) is 23.2. The van der Waals surface area contributed by atoms with Crippen LogP contribution in [-0.2, 0) is 0 Å². The van der Waals surface area contributed by atoms with Crippen molar-refractivity contribution in [2.24, 2.45) is 0 Å². The van der Waals surface area contributed by atoms with Gasteiger partial charge >= 0.3 is 0 Å². The van der Waals surface area contributed by atoms with E-state index >= 15 is 0 Å². The molecule has 2 heteroatoms. The van der Waals surface area contributed by atoms with Crippen LogP contribution in [0.3, 0.4) is 0 Å². The largest absolute Gasteiger partial charge is 0.344 e. The molecule has 12 heavy (non-hydrogen) atoms. The predicted octanol–water partition coefficient (Wildman–Crippen LogP) is 2.82. The highest BCUT2D eigenvalue weighted by molar-refractivity contribution is 4.84. The standard InChI is InChI=1S/C10H21N.H3N/c1-4-8-11-9-6-5-7-10(11,2)3;/h4-9H2,1-3H3;1H3. The van der Waals surface area contributed by atoms with E-state index < -0.39 is 0 Å². The van der Waals surface area contributed by atoms with Crippen molar-refractivity contribution < 1.29 is 0 Å².